The molecule has 0 spiro atoms. The van der Waals surface area contributed by atoms with Crippen molar-refractivity contribution in [1.82, 2.24) is 35.6 Å². The highest BCUT2D eigenvalue weighted by atomic mass is 19.1. The quantitative estimate of drug-likeness (QED) is 0.211. The molecule has 4 amide bonds. The number of hydrogen-bond donors (Lipinski definition) is 4. The van der Waals surface area contributed by atoms with Gasteiger partial charge in [-0.05, 0) is 86.6 Å². The van der Waals surface area contributed by atoms with Gasteiger partial charge in [-0.3, -0.25) is 34.4 Å². The maximum atomic E-state index is 15.0. The Bertz CT molecular complexity index is 2230. The number of hydrogen-bond acceptors (Lipinski definition) is 10. The molecule has 57 heavy (non-hydrogen) atoms. The number of imide groups is 1. The Labute approximate surface area is 328 Å². The van der Waals surface area contributed by atoms with Crippen LogP contribution in [0.15, 0.2) is 48.7 Å². The van der Waals surface area contributed by atoms with Crippen LogP contribution in [-0.4, -0.2) is 88.4 Å². The average Bonchev–Trinajstić information content (AvgIpc) is 3.69. The number of ether oxygens (including phenoxy) is 1. The molecule has 0 aliphatic carbocycles. The largest absolute Gasteiger partial charge is 0.477 e. The Balaban J connectivity index is 0.903. The van der Waals surface area contributed by atoms with Gasteiger partial charge in [-0.25, -0.2) is 13.5 Å². The van der Waals surface area contributed by atoms with Crippen LogP contribution in [0.3, 0.4) is 0 Å². The maximum absolute atomic E-state index is 15.0. The van der Waals surface area contributed by atoms with Gasteiger partial charge < -0.3 is 25.6 Å². The van der Waals surface area contributed by atoms with Crippen molar-refractivity contribution in [2.24, 2.45) is 13.0 Å². The first-order valence-corrected chi connectivity index (χ1v) is 19.4. The number of aromatic nitrogens is 3. The molecule has 4 aliphatic heterocycles. The minimum atomic E-state index is -1.04. The summed E-state index contributed by atoms with van der Waals surface area (Å²) in [7, 11) is 1.82. The molecule has 1 unspecified atom stereocenters. The third kappa shape index (κ3) is 7.90. The zero-order chi connectivity index (χ0) is 40.0. The lowest BCUT2D eigenvalue weighted by atomic mass is 9.89. The van der Waals surface area contributed by atoms with Crippen molar-refractivity contribution in [2.75, 3.05) is 43.0 Å². The van der Waals surface area contributed by atoms with Gasteiger partial charge in [-0.15, -0.1) is 0 Å². The van der Waals surface area contributed by atoms with Gasteiger partial charge >= 0.3 is 0 Å². The average molecular weight is 782 g/mol. The summed E-state index contributed by atoms with van der Waals surface area (Å²) in [5.41, 5.74) is 4.70. The lowest BCUT2D eigenvalue weighted by Gasteiger charge is -2.39. The molecule has 2 aromatic carbocycles. The highest BCUT2D eigenvalue weighted by Gasteiger charge is 2.35. The monoisotopic (exact) mass is 781 g/mol. The molecule has 298 valence electrons. The molecule has 4 aromatic rings. The van der Waals surface area contributed by atoms with Gasteiger partial charge in [-0.2, -0.15) is 5.10 Å². The minimum Gasteiger partial charge on any atom is -0.477 e. The Kier molecular flexibility index (Phi) is 10.4. The van der Waals surface area contributed by atoms with Crippen LogP contribution in [0.2, 0.25) is 0 Å². The second-order valence-corrected chi connectivity index (χ2v) is 15.5. The van der Waals surface area contributed by atoms with Crippen LogP contribution in [0.25, 0.3) is 11.3 Å². The molecule has 3 atom stereocenters. The number of anilines is 2. The van der Waals surface area contributed by atoms with Crippen LogP contribution < -0.4 is 30.9 Å². The third-order valence-electron chi connectivity index (χ3n) is 11.1. The van der Waals surface area contributed by atoms with E-state index in [1.165, 1.54) is 12.1 Å². The molecule has 0 saturated carbocycles. The van der Waals surface area contributed by atoms with Crippen molar-refractivity contribution in [3.05, 3.63) is 88.2 Å². The number of aryl methyl sites for hydroxylation is 2. The fourth-order valence-corrected chi connectivity index (χ4v) is 8.14. The Morgan fingerprint density at radius 1 is 1.02 bits per heavy atom. The predicted octanol–water partition coefficient (Wildman–Crippen LogP) is 4.00. The van der Waals surface area contributed by atoms with Crippen LogP contribution in [0.4, 0.5) is 20.2 Å². The summed E-state index contributed by atoms with van der Waals surface area (Å²) < 4.78 is 37.9. The van der Waals surface area contributed by atoms with E-state index >= 15 is 8.78 Å². The molecule has 8 rings (SSSR count). The van der Waals surface area contributed by atoms with Gasteiger partial charge in [0.1, 0.15) is 11.6 Å². The summed E-state index contributed by atoms with van der Waals surface area (Å²) in [6.07, 6.45) is 3.29. The van der Waals surface area contributed by atoms with Crippen molar-refractivity contribution in [3.8, 4) is 17.1 Å². The van der Waals surface area contributed by atoms with E-state index in [2.05, 4.69) is 48.1 Å². The van der Waals surface area contributed by atoms with Gasteiger partial charge in [0.15, 0.2) is 6.29 Å². The van der Waals surface area contributed by atoms with Crippen LogP contribution in [-0.2, 0) is 23.1 Å². The number of rotatable bonds is 6. The van der Waals surface area contributed by atoms with Crippen molar-refractivity contribution in [3.63, 3.8) is 0 Å². The van der Waals surface area contributed by atoms with Crippen LogP contribution in [0.1, 0.15) is 76.1 Å². The second-order valence-electron chi connectivity index (χ2n) is 15.5. The number of carbonyl (C=O) groups excluding carboxylic acids is 4. The molecule has 0 radical (unpaired) electrons. The number of fused-ring (bicyclic) bond motifs is 7. The summed E-state index contributed by atoms with van der Waals surface area (Å²) in [6, 6.07) is 11.4. The van der Waals surface area contributed by atoms with E-state index in [0.717, 1.165) is 29.8 Å². The highest BCUT2D eigenvalue weighted by Crippen LogP contribution is 2.37. The maximum Gasteiger partial charge on any atom is 0.254 e. The molecular formula is C41H45F2N9O5. The van der Waals surface area contributed by atoms with Crippen molar-refractivity contribution < 1.29 is 32.7 Å². The van der Waals surface area contributed by atoms with Crippen LogP contribution in [0, 0.1) is 24.5 Å². The molecule has 2 saturated heterocycles. The molecule has 14 nitrogen and oxygen atoms in total. The van der Waals surface area contributed by atoms with E-state index in [1.807, 2.05) is 26.1 Å². The van der Waals surface area contributed by atoms with E-state index in [9.17, 15) is 19.2 Å². The van der Waals surface area contributed by atoms with Gasteiger partial charge in [0, 0.05) is 62.0 Å². The number of carbonyl (C=O) groups is 4. The molecule has 2 bridgehead atoms. The number of benzene rings is 2. The number of nitrogens with zero attached hydrogens (tertiary/aromatic N) is 5. The summed E-state index contributed by atoms with van der Waals surface area (Å²) in [6.45, 7) is 6.79. The smallest absolute Gasteiger partial charge is 0.254 e. The van der Waals surface area contributed by atoms with Crippen molar-refractivity contribution in [1.29, 1.82) is 0 Å². The first-order chi connectivity index (χ1) is 27.4. The third-order valence-corrected chi connectivity index (χ3v) is 11.1. The lowest BCUT2D eigenvalue weighted by molar-refractivity contribution is -0.134. The van der Waals surface area contributed by atoms with Crippen molar-refractivity contribution >= 4 is 35.0 Å². The Morgan fingerprint density at radius 3 is 2.58 bits per heavy atom. The topological polar surface area (TPSA) is 163 Å². The number of likely N-dealkylation sites (tertiary alicyclic amines) is 1. The Morgan fingerprint density at radius 2 is 1.81 bits per heavy atom. The normalized spacial score (nSPS) is 21.4. The van der Waals surface area contributed by atoms with Gasteiger partial charge in [0.2, 0.25) is 17.7 Å². The predicted molar refractivity (Wildman–Crippen MR) is 207 cm³/mol. The molecule has 16 heteroatoms. The molecule has 2 fully saturated rings. The first kappa shape index (κ1) is 38.0. The van der Waals surface area contributed by atoms with Crippen molar-refractivity contribution in [2.45, 2.75) is 64.2 Å². The van der Waals surface area contributed by atoms with E-state index in [4.69, 9.17) is 4.74 Å². The van der Waals surface area contributed by atoms with E-state index in [1.54, 1.807) is 29.1 Å². The van der Waals surface area contributed by atoms with E-state index in [-0.39, 0.29) is 42.2 Å². The fourth-order valence-electron chi connectivity index (χ4n) is 8.14. The number of piperidine rings is 1. The summed E-state index contributed by atoms with van der Waals surface area (Å²) in [5, 5.41) is 16.2. The Hall–Kier alpha value is -5.90. The zero-order valence-corrected chi connectivity index (χ0v) is 32.0. The van der Waals surface area contributed by atoms with Crippen LogP contribution in [0.5, 0.6) is 5.88 Å². The molecule has 4 N–H and O–H groups in total. The van der Waals surface area contributed by atoms with Gasteiger partial charge in [-0.1, -0.05) is 6.92 Å². The molecule has 6 heterocycles. The lowest BCUT2D eigenvalue weighted by Crippen LogP contribution is -2.59. The van der Waals surface area contributed by atoms with Gasteiger partial charge in [0.25, 0.3) is 11.8 Å². The number of nitrogens with one attached hydrogen (secondary N) is 4. The minimum absolute atomic E-state index is 0.0326. The number of pyridine rings is 1. The molecule has 2 aromatic heterocycles. The summed E-state index contributed by atoms with van der Waals surface area (Å²) in [4.78, 5) is 59.9. The van der Waals surface area contributed by atoms with E-state index < -0.39 is 35.7 Å². The molecular weight excluding hydrogens is 737 g/mol. The SMILES string of the molecule is Cc1cc2cc(n1)-c1cnn(C)c1OCCC[C@@H](C)CN1c3cc(C(=O)NC4CN(CCc5cc(F)c([C@H]6CCC(=O)NC6=O)c(F)c5)C4)ccc3NC1NC2=O. The zero-order valence-electron chi connectivity index (χ0n) is 32.0. The van der Waals surface area contributed by atoms with E-state index in [0.29, 0.717) is 73.2 Å². The summed E-state index contributed by atoms with van der Waals surface area (Å²) >= 11 is 0. The van der Waals surface area contributed by atoms with Crippen LogP contribution >= 0.6 is 0 Å². The number of halogens is 2. The first-order valence-electron chi connectivity index (χ1n) is 19.4. The fraction of sp³-hybridized carbons (Fsp3) is 0.415. The van der Waals surface area contributed by atoms with Gasteiger partial charge in [0.05, 0.1) is 47.4 Å². The molecule has 4 aliphatic rings. The number of amides is 4. The highest BCUT2D eigenvalue weighted by molar-refractivity contribution is 6.01. The standard InChI is InChI=1S/C41H45F2N9O5/c1-22-5-4-12-57-40-29(18-44-50(40)3)33-16-26(13-23(2)45-33)38(55)49-41-47-32-8-6-25(17-34(32)52(41)19-22)37(54)46-27-20-51(21-27)11-10-24-14-30(42)36(31(43)15-24)28-7-9-35(53)48-39(28)56/h6,8,13-18,22,27-28,41,47H,4-5,7,9-12,19-21H2,1-3H3,(H,46,54)(H,49,55)(H,48,53,56)/t22-,28-,41?/m1/s1. The summed E-state index contributed by atoms with van der Waals surface area (Å²) in [5.74, 6) is -3.44. The second kappa shape index (κ2) is 15.6.